The van der Waals surface area contributed by atoms with Gasteiger partial charge in [-0.1, -0.05) is 50.5 Å². The molecule has 0 N–H and O–H groups in total. The minimum absolute atomic E-state index is 0.0154. The predicted octanol–water partition coefficient (Wildman–Crippen LogP) is 6.34. The van der Waals surface area contributed by atoms with Gasteiger partial charge in [-0.05, 0) is 73.8 Å². The molecule has 3 nitrogen and oxygen atoms in total. The van der Waals surface area contributed by atoms with E-state index in [4.69, 9.17) is 14.5 Å². The van der Waals surface area contributed by atoms with E-state index >= 15 is 0 Å². The van der Waals surface area contributed by atoms with E-state index in [1.54, 1.807) is 0 Å². The van der Waals surface area contributed by atoms with Gasteiger partial charge in [0.25, 0.3) is 0 Å². The summed E-state index contributed by atoms with van der Waals surface area (Å²) in [5.41, 5.74) is 2.85. The molecule has 29 heavy (non-hydrogen) atoms. The average molecular weight is 397 g/mol. The normalized spacial score (nSPS) is 43.0. The molecule has 4 bridgehead atoms. The summed E-state index contributed by atoms with van der Waals surface area (Å²) in [6.07, 6.45) is 13.4. The number of hydrogen-bond donors (Lipinski definition) is 0. The highest BCUT2D eigenvalue weighted by Crippen LogP contribution is 2.60. The molecule has 1 saturated heterocycles. The Bertz CT molecular complexity index is 682. The maximum atomic E-state index is 6.57. The van der Waals surface area contributed by atoms with Crippen molar-refractivity contribution >= 4 is 0 Å². The van der Waals surface area contributed by atoms with Crippen molar-refractivity contribution in [2.24, 2.45) is 23.7 Å². The third-order valence-electron chi connectivity index (χ3n) is 9.15. The topological polar surface area (TPSA) is 27.7 Å². The molecule has 3 heteroatoms. The molecule has 1 aliphatic heterocycles. The molecule has 6 aliphatic rings. The van der Waals surface area contributed by atoms with Crippen LogP contribution in [-0.4, -0.2) is 18.5 Å². The minimum Gasteiger partial charge on any atom is -0.344 e. The Morgan fingerprint density at radius 2 is 1.52 bits per heavy atom. The monoisotopic (exact) mass is 396 g/mol. The van der Waals surface area contributed by atoms with Gasteiger partial charge in [0.15, 0.2) is 0 Å². The lowest BCUT2D eigenvalue weighted by Crippen LogP contribution is -2.63. The van der Waals surface area contributed by atoms with Gasteiger partial charge >= 0.3 is 0 Å². The van der Waals surface area contributed by atoms with Crippen LogP contribution in [0.2, 0.25) is 0 Å². The highest BCUT2D eigenvalue weighted by molar-refractivity contribution is 5.28. The van der Waals surface area contributed by atoms with Gasteiger partial charge in [-0.15, -0.1) is 0 Å². The quantitative estimate of drug-likeness (QED) is 0.558. The summed E-state index contributed by atoms with van der Waals surface area (Å²) in [6.45, 7) is 2.91. The first kappa shape index (κ1) is 18.8. The molecule has 1 aromatic carbocycles. The Morgan fingerprint density at radius 3 is 2.10 bits per heavy atom. The van der Waals surface area contributed by atoms with Crippen LogP contribution in [0.3, 0.4) is 0 Å². The number of benzene rings is 1. The van der Waals surface area contributed by atoms with Crippen LogP contribution in [0.15, 0.2) is 24.3 Å². The molecular weight excluding hydrogens is 360 g/mol. The molecule has 2 unspecified atom stereocenters. The average Bonchev–Trinajstić information content (AvgIpc) is 2.78. The Labute approximate surface area is 175 Å². The van der Waals surface area contributed by atoms with Crippen molar-refractivity contribution < 1.29 is 14.5 Å². The second-order valence-corrected chi connectivity index (χ2v) is 10.8. The van der Waals surface area contributed by atoms with E-state index in [9.17, 15) is 0 Å². The molecule has 5 aliphatic carbocycles. The number of ether oxygens (including phenoxy) is 1. The molecule has 0 radical (unpaired) electrons. The van der Waals surface area contributed by atoms with Crippen molar-refractivity contribution in [1.29, 1.82) is 0 Å². The summed E-state index contributed by atoms with van der Waals surface area (Å²) >= 11 is 0. The first-order valence-corrected chi connectivity index (χ1v) is 12.3. The Kier molecular flexibility index (Phi) is 4.78. The highest BCUT2D eigenvalue weighted by Gasteiger charge is 2.61. The fourth-order valence-electron chi connectivity index (χ4n) is 7.56. The molecule has 1 heterocycles. The Hall–Kier alpha value is -0.900. The smallest absolute Gasteiger partial charge is 0.207 e. The third kappa shape index (κ3) is 3.20. The van der Waals surface area contributed by atoms with Gasteiger partial charge < -0.3 is 4.74 Å². The SMILES string of the molecule is CC(c1ccc(C2CCCCC2)cc1)C1COC2(OO1)C1CC3CC(C1)CC2C3. The molecule has 1 aromatic rings. The van der Waals surface area contributed by atoms with Gasteiger partial charge in [-0.2, -0.15) is 0 Å². The number of rotatable bonds is 3. The molecular formula is C26H36O3. The zero-order valence-electron chi connectivity index (χ0n) is 17.9. The van der Waals surface area contributed by atoms with Crippen LogP contribution in [0.5, 0.6) is 0 Å². The van der Waals surface area contributed by atoms with Gasteiger partial charge in [0.05, 0.1) is 6.61 Å². The molecule has 0 aromatic heterocycles. The number of hydrogen-bond acceptors (Lipinski definition) is 3. The summed E-state index contributed by atoms with van der Waals surface area (Å²) in [5.74, 6) is 3.53. The minimum atomic E-state index is -0.436. The van der Waals surface area contributed by atoms with Gasteiger partial charge in [-0.25, -0.2) is 9.78 Å². The summed E-state index contributed by atoms with van der Waals surface area (Å²) < 4.78 is 6.57. The van der Waals surface area contributed by atoms with E-state index in [1.807, 2.05) is 0 Å². The van der Waals surface area contributed by atoms with E-state index in [2.05, 4.69) is 31.2 Å². The first-order chi connectivity index (χ1) is 14.2. The van der Waals surface area contributed by atoms with Crippen LogP contribution in [0.25, 0.3) is 0 Å². The van der Waals surface area contributed by atoms with E-state index in [-0.39, 0.29) is 12.0 Å². The lowest BCUT2D eigenvalue weighted by atomic mass is 9.53. The van der Waals surface area contributed by atoms with Crippen LogP contribution >= 0.6 is 0 Å². The Balaban J connectivity index is 1.11. The van der Waals surface area contributed by atoms with E-state index in [0.29, 0.717) is 18.4 Å². The summed E-state index contributed by atoms with van der Waals surface area (Å²) in [5, 5.41) is 0. The summed E-state index contributed by atoms with van der Waals surface area (Å²) in [7, 11) is 0. The molecule has 5 saturated carbocycles. The second kappa shape index (κ2) is 7.35. The lowest BCUT2D eigenvalue weighted by Gasteiger charge is -2.60. The van der Waals surface area contributed by atoms with Gasteiger partial charge in [0.2, 0.25) is 5.79 Å². The summed E-state index contributed by atoms with van der Waals surface area (Å²) in [6, 6.07) is 9.33. The maximum absolute atomic E-state index is 6.57. The van der Waals surface area contributed by atoms with Crippen LogP contribution in [0, 0.1) is 23.7 Å². The summed E-state index contributed by atoms with van der Waals surface area (Å²) in [4.78, 5) is 12.3. The van der Waals surface area contributed by atoms with Crippen LogP contribution < -0.4 is 0 Å². The second-order valence-electron chi connectivity index (χ2n) is 10.8. The van der Waals surface area contributed by atoms with Crippen molar-refractivity contribution in [3.8, 4) is 0 Å². The zero-order chi connectivity index (χ0) is 19.4. The molecule has 1 spiro atoms. The fraction of sp³-hybridized carbons (Fsp3) is 0.769. The standard InChI is InChI=1S/C26H36O3/c1-17(20-7-9-22(10-8-20)21-5-3-2-4-6-21)25-16-27-26(29-28-25)23-12-18-11-19(14-23)15-24(26)13-18/h7-10,17-19,21,23-25H,2-6,11-16H2,1H3. The molecule has 158 valence electrons. The fourth-order valence-corrected chi connectivity index (χ4v) is 7.56. The first-order valence-electron chi connectivity index (χ1n) is 12.3. The van der Waals surface area contributed by atoms with E-state index in [0.717, 1.165) is 17.8 Å². The van der Waals surface area contributed by atoms with Crippen molar-refractivity contribution in [3.05, 3.63) is 35.4 Å². The molecule has 7 rings (SSSR count). The van der Waals surface area contributed by atoms with Crippen LogP contribution in [0.4, 0.5) is 0 Å². The lowest BCUT2D eigenvalue weighted by molar-refractivity contribution is -0.526. The van der Waals surface area contributed by atoms with E-state index in [1.165, 1.54) is 75.3 Å². The molecule has 0 amide bonds. The largest absolute Gasteiger partial charge is 0.344 e. The third-order valence-corrected chi connectivity index (χ3v) is 9.15. The van der Waals surface area contributed by atoms with Crippen molar-refractivity contribution in [2.45, 2.75) is 94.9 Å². The molecule has 6 fully saturated rings. The van der Waals surface area contributed by atoms with Gasteiger partial charge in [0.1, 0.15) is 6.10 Å². The van der Waals surface area contributed by atoms with Crippen LogP contribution in [-0.2, 0) is 14.5 Å². The van der Waals surface area contributed by atoms with Crippen molar-refractivity contribution in [1.82, 2.24) is 0 Å². The molecule has 2 atom stereocenters. The van der Waals surface area contributed by atoms with Crippen molar-refractivity contribution in [2.75, 3.05) is 6.61 Å². The van der Waals surface area contributed by atoms with Gasteiger partial charge in [0, 0.05) is 17.8 Å². The highest BCUT2D eigenvalue weighted by atomic mass is 17.2. The van der Waals surface area contributed by atoms with Gasteiger partial charge in [-0.3, -0.25) is 0 Å². The van der Waals surface area contributed by atoms with Crippen molar-refractivity contribution in [3.63, 3.8) is 0 Å². The van der Waals surface area contributed by atoms with Crippen LogP contribution in [0.1, 0.15) is 94.1 Å². The zero-order valence-corrected chi connectivity index (χ0v) is 17.9. The predicted molar refractivity (Wildman–Crippen MR) is 112 cm³/mol. The van der Waals surface area contributed by atoms with E-state index < -0.39 is 5.79 Å². The maximum Gasteiger partial charge on any atom is 0.207 e. The Morgan fingerprint density at radius 1 is 0.862 bits per heavy atom.